The van der Waals surface area contributed by atoms with Crippen LogP contribution >= 0.6 is 0 Å². The number of aromatic nitrogens is 4. The molecule has 0 saturated carbocycles. The Kier molecular flexibility index (Phi) is 4.29. The van der Waals surface area contributed by atoms with Crippen LogP contribution in [0.25, 0.3) is 21.6 Å². The van der Waals surface area contributed by atoms with E-state index >= 15 is 0 Å². The Morgan fingerprint density at radius 2 is 2.20 bits per heavy atom. The molecule has 1 aliphatic heterocycles. The number of fused-ring (bicyclic) bond motifs is 2. The van der Waals surface area contributed by atoms with Gasteiger partial charge in [0.05, 0.1) is 18.9 Å². The van der Waals surface area contributed by atoms with Crippen molar-refractivity contribution < 1.29 is 9.13 Å². The number of ether oxygens (including phenoxy) is 1. The van der Waals surface area contributed by atoms with Gasteiger partial charge in [-0.3, -0.25) is 9.38 Å². The predicted octanol–water partition coefficient (Wildman–Crippen LogP) is 4.34. The van der Waals surface area contributed by atoms with E-state index in [-0.39, 0.29) is 12.4 Å². The molecule has 0 aliphatic carbocycles. The van der Waals surface area contributed by atoms with Gasteiger partial charge in [-0.1, -0.05) is 0 Å². The van der Waals surface area contributed by atoms with Crippen molar-refractivity contribution in [3.63, 3.8) is 0 Å². The largest absolute Gasteiger partial charge is 0.493 e. The van der Waals surface area contributed by atoms with E-state index in [1.165, 1.54) is 12.3 Å². The van der Waals surface area contributed by atoms with Gasteiger partial charge in [0.1, 0.15) is 17.2 Å². The molecule has 0 bridgehead atoms. The molecule has 0 saturated heterocycles. The minimum atomic E-state index is -0.261. The van der Waals surface area contributed by atoms with Gasteiger partial charge >= 0.3 is 0 Å². The van der Waals surface area contributed by atoms with E-state index in [4.69, 9.17) is 11.3 Å². The lowest BCUT2D eigenvalue weighted by Crippen LogP contribution is -2.09. The Balaban J connectivity index is 1.53. The van der Waals surface area contributed by atoms with Gasteiger partial charge in [0, 0.05) is 54.4 Å². The number of halogens is 1. The normalized spacial score (nSPS) is 12.4. The summed E-state index contributed by atoms with van der Waals surface area (Å²) in [5.41, 5.74) is 4.99. The van der Waals surface area contributed by atoms with Crippen LogP contribution in [0.15, 0.2) is 43.0 Å². The number of rotatable bonds is 4. The lowest BCUT2D eigenvalue weighted by atomic mass is 10.0. The monoisotopic (exact) mass is 400 g/mol. The molecule has 0 spiro atoms. The van der Waals surface area contributed by atoms with Crippen LogP contribution in [0, 0.1) is 19.3 Å². The molecule has 30 heavy (non-hydrogen) atoms. The highest BCUT2D eigenvalue weighted by Crippen LogP contribution is 2.31. The second-order valence-corrected chi connectivity index (χ2v) is 7.07. The molecule has 4 heterocycles. The van der Waals surface area contributed by atoms with Gasteiger partial charge in [0.2, 0.25) is 11.6 Å². The molecule has 0 radical (unpaired) electrons. The van der Waals surface area contributed by atoms with Crippen LogP contribution in [0.4, 0.5) is 16.0 Å². The lowest BCUT2D eigenvalue weighted by Gasteiger charge is -2.13. The van der Waals surface area contributed by atoms with Crippen LogP contribution in [0.5, 0.6) is 5.75 Å². The summed E-state index contributed by atoms with van der Waals surface area (Å²) in [6, 6.07) is 4.87. The van der Waals surface area contributed by atoms with Crippen LogP contribution in [0.3, 0.4) is 0 Å². The summed E-state index contributed by atoms with van der Waals surface area (Å²) in [6.45, 7) is 9.96. The SMILES string of the molecule is [C-]#[N+]c1cncc(-c2cnc(NCc3c(F)ccc4c3CCO4)n3cc(C)nc23)c1. The van der Waals surface area contributed by atoms with E-state index in [1.807, 2.05) is 17.5 Å². The highest BCUT2D eigenvalue weighted by Gasteiger charge is 2.20. The lowest BCUT2D eigenvalue weighted by molar-refractivity contribution is 0.356. The molecule has 0 fully saturated rings. The topological polar surface area (TPSA) is 68.7 Å². The maximum Gasteiger partial charge on any atom is 0.208 e. The van der Waals surface area contributed by atoms with Crippen LogP contribution in [-0.2, 0) is 13.0 Å². The molecule has 0 unspecified atom stereocenters. The third-order valence-electron chi connectivity index (χ3n) is 5.14. The van der Waals surface area contributed by atoms with Crippen molar-refractivity contribution in [1.29, 1.82) is 0 Å². The fourth-order valence-corrected chi connectivity index (χ4v) is 3.74. The third kappa shape index (κ3) is 3.01. The average Bonchev–Trinajstić information content (AvgIpc) is 3.39. The first-order valence-electron chi connectivity index (χ1n) is 9.48. The number of nitrogens with one attached hydrogen (secondary N) is 1. The number of anilines is 1. The van der Waals surface area contributed by atoms with E-state index in [0.717, 1.165) is 28.1 Å². The van der Waals surface area contributed by atoms with Crippen molar-refractivity contribution in [2.45, 2.75) is 19.9 Å². The summed E-state index contributed by atoms with van der Waals surface area (Å²) in [7, 11) is 0. The van der Waals surface area contributed by atoms with Crippen LogP contribution in [-0.4, -0.2) is 26.0 Å². The Hall–Kier alpha value is -3.99. The molecule has 1 aromatic carbocycles. The Morgan fingerprint density at radius 3 is 3.07 bits per heavy atom. The van der Waals surface area contributed by atoms with Gasteiger partial charge in [-0.25, -0.2) is 19.2 Å². The zero-order chi connectivity index (χ0) is 20.7. The van der Waals surface area contributed by atoms with Crippen molar-refractivity contribution in [1.82, 2.24) is 19.4 Å². The highest BCUT2D eigenvalue weighted by atomic mass is 19.1. The number of hydrogen-bond donors (Lipinski definition) is 1. The van der Waals surface area contributed by atoms with Crippen molar-refractivity contribution in [2.75, 3.05) is 11.9 Å². The minimum absolute atomic E-state index is 0.261. The molecule has 0 atom stereocenters. The number of pyridine rings is 1. The van der Waals surface area contributed by atoms with Crippen LogP contribution < -0.4 is 10.1 Å². The number of hydrogen-bond acceptors (Lipinski definition) is 5. The fraction of sp³-hybridized carbons (Fsp3) is 0.182. The fourth-order valence-electron chi connectivity index (χ4n) is 3.74. The standard InChI is InChI=1S/C22H17FN6O/c1-13-12-29-21(28-13)17(14-7-15(24-2)9-25-8-14)10-26-22(29)27-11-18-16-5-6-30-20(16)4-3-19(18)23/h3-4,7-10,12H,5-6,11H2,1H3,(H,26,27). The van der Waals surface area contributed by atoms with E-state index in [1.54, 1.807) is 24.5 Å². The van der Waals surface area contributed by atoms with E-state index in [9.17, 15) is 4.39 Å². The first-order valence-corrected chi connectivity index (χ1v) is 9.48. The Labute approximate surface area is 172 Å². The van der Waals surface area contributed by atoms with Crippen molar-refractivity contribution >= 4 is 17.3 Å². The molecular formula is C22H17FN6O. The van der Waals surface area contributed by atoms with Gasteiger partial charge in [-0.15, -0.1) is 0 Å². The zero-order valence-corrected chi connectivity index (χ0v) is 16.2. The molecule has 3 aromatic heterocycles. The molecule has 4 aromatic rings. The maximum atomic E-state index is 14.5. The first-order chi connectivity index (χ1) is 14.6. The number of aryl methyl sites for hydroxylation is 1. The van der Waals surface area contributed by atoms with Gasteiger partial charge in [-0.05, 0) is 30.7 Å². The van der Waals surface area contributed by atoms with Crippen LogP contribution in [0.2, 0.25) is 0 Å². The smallest absolute Gasteiger partial charge is 0.208 e. The third-order valence-corrected chi connectivity index (χ3v) is 5.14. The summed E-state index contributed by atoms with van der Waals surface area (Å²) in [5.74, 6) is 1.04. The van der Waals surface area contributed by atoms with E-state index < -0.39 is 0 Å². The molecule has 8 heteroatoms. The highest BCUT2D eigenvalue weighted by molar-refractivity contribution is 5.79. The van der Waals surface area contributed by atoms with Gasteiger partial charge < -0.3 is 10.1 Å². The maximum absolute atomic E-state index is 14.5. The van der Waals surface area contributed by atoms with Crippen molar-refractivity contribution in [3.8, 4) is 16.9 Å². The van der Waals surface area contributed by atoms with Crippen molar-refractivity contribution in [3.05, 3.63) is 77.0 Å². The van der Waals surface area contributed by atoms with Gasteiger partial charge in [-0.2, -0.15) is 0 Å². The Bertz CT molecular complexity index is 1320. The molecule has 1 aliphatic rings. The van der Waals surface area contributed by atoms with E-state index in [2.05, 4.69) is 25.1 Å². The summed E-state index contributed by atoms with van der Waals surface area (Å²) in [4.78, 5) is 16.7. The van der Waals surface area contributed by atoms with Crippen molar-refractivity contribution in [2.24, 2.45) is 0 Å². The summed E-state index contributed by atoms with van der Waals surface area (Å²) in [5, 5.41) is 3.24. The number of benzene rings is 1. The van der Waals surface area contributed by atoms with E-state index in [0.29, 0.717) is 35.9 Å². The summed E-state index contributed by atoms with van der Waals surface area (Å²) >= 11 is 0. The average molecular weight is 400 g/mol. The predicted molar refractivity (Wildman–Crippen MR) is 110 cm³/mol. The summed E-state index contributed by atoms with van der Waals surface area (Å²) < 4.78 is 21.8. The molecule has 0 amide bonds. The van der Waals surface area contributed by atoms with Gasteiger partial charge in [0.25, 0.3) is 0 Å². The molecule has 7 nitrogen and oxygen atoms in total. The Morgan fingerprint density at radius 1 is 1.30 bits per heavy atom. The minimum Gasteiger partial charge on any atom is -0.493 e. The van der Waals surface area contributed by atoms with Gasteiger partial charge in [0.15, 0.2) is 0 Å². The molecular weight excluding hydrogens is 383 g/mol. The summed E-state index contributed by atoms with van der Waals surface area (Å²) in [6.07, 6.45) is 7.47. The number of imidazole rings is 1. The molecule has 148 valence electrons. The molecule has 1 N–H and O–H groups in total. The number of nitrogens with zero attached hydrogens (tertiary/aromatic N) is 5. The molecule has 5 rings (SSSR count). The van der Waals surface area contributed by atoms with Crippen LogP contribution in [0.1, 0.15) is 16.8 Å². The first kappa shape index (κ1) is 18.1. The second kappa shape index (κ2) is 7.12. The second-order valence-electron chi connectivity index (χ2n) is 7.07. The zero-order valence-electron chi connectivity index (χ0n) is 16.2. The quantitative estimate of drug-likeness (QED) is 0.516.